The van der Waals surface area contributed by atoms with Crippen LogP contribution in [0.3, 0.4) is 0 Å². The fourth-order valence-electron chi connectivity index (χ4n) is 2.18. The second kappa shape index (κ2) is 7.48. The zero-order valence-electron chi connectivity index (χ0n) is 13.8. The highest BCUT2D eigenvalue weighted by atomic mass is 16.5. The van der Waals surface area contributed by atoms with Gasteiger partial charge in [0.15, 0.2) is 18.1 Å². The highest BCUT2D eigenvalue weighted by molar-refractivity contribution is 5.90. The number of aromatic nitrogens is 2. The molecule has 0 aliphatic heterocycles. The normalized spacial score (nSPS) is 10.3. The molecule has 25 heavy (non-hydrogen) atoms. The maximum absolute atomic E-state index is 11.6. The van der Waals surface area contributed by atoms with Crippen molar-refractivity contribution < 1.29 is 23.4 Å². The van der Waals surface area contributed by atoms with Crippen LogP contribution >= 0.6 is 0 Å². The lowest BCUT2D eigenvalue weighted by Crippen LogP contribution is -2.03. The SMILES string of the molecule is COC(=O)c1ccc(OCc2nnc(-c3ccccc3)o2)c(OC)c1. The van der Waals surface area contributed by atoms with Crippen molar-refractivity contribution in [3.63, 3.8) is 0 Å². The Morgan fingerprint density at radius 2 is 1.84 bits per heavy atom. The first-order chi connectivity index (χ1) is 12.2. The van der Waals surface area contributed by atoms with E-state index in [-0.39, 0.29) is 6.61 Å². The van der Waals surface area contributed by atoms with E-state index in [1.807, 2.05) is 30.3 Å². The van der Waals surface area contributed by atoms with E-state index < -0.39 is 5.97 Å². The topological polar surface area (TPSA) is 83.7 Å². The van der Waals surface area contributed by atoms with E-state index in [1.165, 1.54) is 14.2 Å². The summed E-state index contributed by atoms with van der Waals surface area (Å²) in [4.78, 5) is 11.6. The molecule has 0 aliphatic carbocycles. The molecule has 0 radical (unpaired) electrons. The van der Waals surface area contributed by atoms with Gasteiger partial charge >= 0.3 is 5.97 Å². The number of methoxy groups -OCH3 is 2. The summed E-state index contributed by atoms with van der Waals surface area (Å²) in [5.74, 6) is 1.17. The third-order valence-corrected chi connectivity index (χ3v) is 3.42. The van der Waals surface area contributed by atoms with Crippen molar-refractivity contribution >= 4 is 5.97 Å². The third-order valence-electron chi connectivity index (χ3n) is 3.42. The molecule has 0 bridgehead atoms. The molecule has 2 aromatic carbocycles. The summed E-state index contributed by atoms with van der Waals surface area (Å²) in [5, 5.41) is 7.97. The average Bonchev–Trinajstić information content (AvgIpc) is 3.15. The minimum absolute atomic E-state index is 0.0771. The maximum atomic E-state index is 11.6. The van der Waals surface area contributed by atoms with Gasteiger partial charge in [0.1, 0.15) is 0 Å². The van der Waals surface area contributed by atoms with E-state index in [0.717, 1.165) is 5.56 Å². The number of rotatable bonds is 6. The second-order valence-corrected chi connectivity index (χ2v) is 5.01. The highest BCUT2D eigenvalue weighted by Gasteiger charge is 2.13. The number of carbonyl (C=O) groups excluding carboxylic acids is 1. The van der Waals surface area contributed by atoms with Crippen LogP contribution in [0.4, 0.5) is 0 Å². The highest BCUT2D eigenvalue weighted by Crippen LogP contribution is 2.29. The van der Waals surface area contributed by atoms with Crippen LogP contribution in [0.1, 0.15) is 16.2 Å². The van der Waals surface area contributed by atoms with E-state index in [2.05, 4.69) is 14.9 Å². The molecule has 0 fully saturated rings. The molecule has 1 aromatic heterocycles. The molecule has 3 rings (SSSR count). The van der Waals surface area contributed by atoms with Gasteiger partial charge < -0.3 is 18.6 Å². The van der Waals surface area contributed by atoms with Crippen molar-refractivity contribution in [2.75, 3.05) is 14.2 Å². The number of hydrogen-bond donors (Lipinski definition) is 0. The summed E-state index contributed by atoms with van der Waals surface area (Å²) in [7, 11) is 2.81. The van der Waals surface area contributed by atoms with Gasteiger partial charge in [0.2, 0.25) is 5.89 Å². The molecule has 128 valence electrons. The van der Waals surface area contributed by atoms with Gasteiger partial charge in [0.05, 0.1) is 19.8 Å². The maximum Gasteiger partial charge on any atom is 0.337 e. The fourth-order valence-corrected chi connectivity index (χ4v) is 2.18. The Morgan fingerprint density at radius 3 is 2.56 bits per heavy atom. The van der Waals surface area contributed by atoms with Gasteiger partial charge in [-0.15, -0.1) is 10.2 Å². The lowest BCUT2D eigenvalue weighted by Gasteiger charge is -2.10. The zero-order valence-corrected chi connectivity index (χ0v) is 13.8. The molecule has 0 spiro atoms. The molecular formula is C18H16N2O5. The predicted molar refractivity (Wildman–Crippen MR) is 88.4 cm³/mol. The van der Waals surface area contributed by atoms with Crippen LogP contribution in [-0.4, -0.2) is 30.4 Å². The molecule has 0 atom stereocenters. The van der Waals surface area contributed by atoms with Crippen LogP contribution in [0.5, 0.6) is 11.5 Å². The smallest absolute Gasteiger partial charge is 0.337 e. The van der Waals surface area contributed by atoms with Crippen molar-refractivity contribution in [1.29, 1.82) is 0 Å². The largest absolute Gasteiger partial charge is 0.493 e. The van der Waals surface area contributed by atoms with Gasteiger partial charge in [0.25, 0.3) is 5.89 Å². The number of nitrogens with zero attached hydrogens (tertiary/aromatic N) is 2. The Bertz CT molecular complexity index is 861. The van der Waals surface area contributed by atoms with Crippen LogP contribution in [0.15, 0.2) is 52.9 Å². The molecule has 0 saturated carbocycles. The van der Waals surface area contributed by atoms with Gasteiger partial charge in [-0.25, -0.2) is 4.79 Å². The Balaban J connectivity index is 1.71. The first-order valence-electron chi connectivity index (χ1n) is 7.48. The second-order valence-electron chi connectivity index (χ2n) is 5.01. The quantitative estimate of drug-likeness (QED) is 0.637. The van der Waals surface area contributed by atoms with Gasteiger partial charge in [-0.3, -0.25) is 0 Å². The molecular weight excluding hydrogens is 324 g/mol. The number of benzene rings is 2. The van der Waals surface area contributed by atoms with E-state index in [9.17, 15) is 4.79 Å². The predicted octanol–water partition coefficient (Wildman–Crippen LogP) is 3.11. The summed E-state index contributed by atoms with van der Waals surface area (Å²) in [6.45, 7) is 0.0771. The van der Waals surface area contributed by atoms with Crippen LogP contribution in [0.2, 0.25) is 0 Å². The first kappa shape index (κ1) is 16.5. The van der Waals surface area contributed by atoms with Gasteiger partial charge in [-0.2, -0.15) is 0 Å². The monoisotopic (exact) mass is 340 g/mol. The lowest BCUT2D eigenvalue weighted by atomic mass is 10.2. The third kappa shape index (κ3) is 3.77. The molecule has 7 heteroatoms. The molecule has 1 heterocycles. The van der Waals surface area contributed by atoms with Crippen molar-refractivity contribution in [2.45, 2.75) is 6.61 Å². The molecule has 0 amide bonds. The molecule has 0 saturated heterocycles. The van der Waals surface area contributed by atoms with Crippen LogP contribution in [-0.2, 0) is 11.3 Å². The zero-order chi connectivity index (χ0) is 17.6. The molecule has 0 unspecified atom stereocenters. The molecule has 0 N–H and O–H groups in total. The molecule has 0 aliphatic rings. The van der Waals surface area contributed by atoms with Crippen molar-refractivity contribution in [3.05, 3.63) is 60.0 Å². The van der Waals surface area contributed by atoms with Crippen molar-refractivity contribution in [2.24, 2.45) is 0 Å². The number of ether oxygens (including phenoxy) is 3. The Morgan fingerprint density at radius 1 is 1.04 bits per heavy atom. The number of hydrogen-bond acceptors (Lipinski definition) is 7. The summed E-state index contributed by atoms with van der Waals surface area (Å²) in [6, 6.07) is 14.2. The summed E-state index contributed by atoms with van der Waals surface area (Å²) >= 11 is 0. The van der Waals surface area contributed by atoms with E-state index in [0.29, 0.717) is 28.8 Å². The van der Waals surface area contributed by atoms with Gasteiger partial charge in [-0.05, 0) is 30.3 Å². The van der Waals surface area contributed by atoms with Crippen molar-refractivity contribution in [3.8, 4) is 23.0 Å². The summed E-state index contributed by atoms with van der Waals surface area (Å²) in [5.41, 5.74) is 1.21. The van der Waals surface area contributed by atoms with Crippen LogP contribution < -0.4 is 9.47 Å². The average molecular weight is 340 g/mol. The number of esters is 1. The van der Waals surface area contributed by atoms with Crippen LogP contribution in [0.25, 0.3) is 11.5 Å². The van der Waals surface area contributed by atoms with Crippen molar-refractivity contribution in [1.82, 2.24) is 10.2 Å². The molecule has 7 nitrogen and oxygen atoms in total. The van der Waals surface area contributed by atoms with Crippen LogP contribution in [0, 0.1) is 0 Å². The van der Waals surface area contributed by atoms with E-state index in [1.54, 1.807) is 18.2 Å². The summed E-state index contributed by atoms with van der Waals surface area (Å²) < 4.78 is 21.2. The van der Waals surface area contributed by atoms with Gasteiger partial charge in [-0.1, -0.05) is 18.2 Å². The first-order valence-corrected chi connectivity index (χ1v) is 7.48. The standard InChI is InChI=1S/C18H16N2O5/c1-22-15-10-13(18(21)23-2)8-9-14(15)24-11-16-19-20-17(25-16)12-6-4-3-5-7-12/h3-10H,11H2,1-2H3. The Hall–Kier alpha value is -3.35. The van der Waals surface area contributed by atoms with E-state index >= 15 is 0 Å². The minimum atomic E-state index is -0.450. The van der Waals surface area contributed by atoms with E-state index in [4.69, 9.17) is 13.9 Å². The Kier molecular flexibility index (Phi) is 4.94. The summed E-state index contributed by atoms with van der Waals surface area (Å²) in [6.07, 6.45) is 0. The lowest BCUT2D eigenvalue weighted by molar-refractivity contribution is 0.0600. The Labute approximate surface area is 144 Å². The molecule has 3 aromatic rings. The number of carbonyl (C=O) groups is 1. The minimum Gasteiger partial charge on any atom is -0.493 e. The van der Waals surface area contributed by atoms with Gasteiger partial charge in [0, 0.05) is 5.56 Å². The fraction of sp³-hybridized carbons (Fsp3) is 0.167.